The smallest absolute Gasteiger partial charge is 0.182 e. The maximum absolute atomic E-state index is 11.6. The third-order valence-electron chi connectivity index (χ3n) is 3.43. The number of aryl methyl sites for hydroxylation is 1. The fourth-order valence-corrected chi connectivity index (χ4v) is 3.77. The van der Waals surface area contributed by atoms with Crippen molar-refractivity contribution < 1.29 is 4.21 Å². The number of nitrogens with zero attached hydrogens (tertiary/aromatic N) is 1. The van der Waals surface area contributed by atoms with E-state index in [9.17, 15) is 4.21 Å². The van der Waals surface area contributed by atoms with Gasteiger partial charge in [0, 0.05) is 28.9 Å². The van der Waals surface area contributed by atoms with Crippen molar-refractivity contribution in [2.75, 3.05) is 11.5 Å². The van der Waals surface area contributed by atoms with Gasteiger partial charge in [0.1, 0.15) is 0 Å². The summed E-state index contributed by atoms with van der Waals surface area (Å²) in [6.45, 7) is 9.18. The summed E-state index contributed by atoms with van der Waals surface area (Å²) in [6, 6.07) is 6.42. The fourth-order valence-electron chi connectivity index (χ4n) is 2.11. The predicted molar refractivity (Wildman–Crippen MR) is 87.9 cm³/mol. The van der Waals surface area contributed by atoms with Crippen LogP contribution in [0.2, 0.25) is 0 Å². The number of aromatic nitrogens is 1. The molecule has 2 rings (SSSR count). The molecule has 0 aliphatic rings. The molecule has 1 atom stereocenters. The number of thiazole rings is 1. The standard InChI is InChI=1S/C15H22N2OS2/c1-5-20(18)9-8-17-12-7-6-11(15(2,3)4)10-13(12)19-14(17)16/h6-7,10,16H,5,8-9H2,1-4H3. The van der Waals surface area contributed by atoms with Crippen molar-refractivity contribution in [2.45, 2.75) is 39.7 Å². The van der Waals surface area contributed by atoms with Crippen LogP contribution < -0.4 is 4.80 Å². The van der Waals surface area contributed by atoms with Gasteiger partial charge in [0.15, 0.2) is 4.80 Å². The Morgan fingerprint density at radius 3 is 2.65 bits per heavy atom. The molecular weight excluding hydrogens is 288 g/mol. The molecule has 0 fully saturated rings. The number of nitrogens with one attached hydrogen (secondary N) is 1. The number of hydrogen-bond acceptors (Lipinski definition) is 3. The van der Waals surface area contributed by atoms with E-state index in [0.29, 0.717) is 22.9 Å². The van der Waals surface area contributed by atoms with Crippen LogP contribution in [0.1, 0.15) is 33.3 Å². The quantitative estimate of drug-likeness (QED) is 0.926. The largest absolute Gasteiger partial charge is 0.316 e. The first kappa shape index (κ1) is 15.4. The first-order chi connectivity index (χ1) is 9.32. The van der Waals surface area contributed by atoms with Crippen LogP contribution in [0.15, 0.2) is 18.2 Å². The molecule has 1 aromatic heterocycles. The van der Waals surface area contributed by atoms with Crippen LogP contribution in [0.3, 0.4) is 0 Å². The highest BCUT2D eigenvalue weighted by molar-refractivity contribution is 7.84. The van der Waals surface area contributed by atoms with Crippen molar-refractivity contribution in [3.05, 3.63) is 28.6 Å². The topological polar surface area (TPSA) is 45.9 Å². The molecule has 1 N–H and O–H groups in total. The van der Waals surface area contributed by atoms with E-state index in [4.69, 9.17) is 5.41 Å². The lowest BCUT2D eigenvalue weighted by Gasteiger charge is -2.18. The van der Waals surface area contributed by atoms with Gasteiger partial charge in [-0.2, -0.15) is 0 Å². The minimum absolute atomic E-state index is 0.120. The Bertz CT molecular complexity index is 692. The minimum Gasteiger partial charge on any atom is -0.316 e. The number of hydrogen-bond donors (Lipinski definition) is 1. The molecule has 0 radical (unpaired) electrons. The molecule has 1 heterocycles. The first-order valence-electron chi connectivity index (χ1n) is 6.86. The average molecular weight is 310 g/mol. The fraction of sp³-hybridized carbons (Fsp3) is 0.533. The Balaban J connectivity index is 2.40. The average Bonchev–Trinajstić information content (AvgIpc) is 2.69. The molecule has 20 heavy (non-hydrogen) atoms. The second-order valence-corrected chi connectivity index (χ2v) is 8.82. The van der Waals surface area contributed by atoms with Crippen LogP contribution in [0, 0.1) is 5.41 Å². The first-order valence-corrected chi connectivity index (χ1v) is 9.17. The Hall–Kier alpha value is -0.940. The number of rotatable bonds is 4. The van der Waals surface area contributed by atoms with Crippen LogP contribution >= 0.6 is 11.3 Å². The van der Waals surface area contributed by atoms with Crippen molar-refractivity contribution in [3.8, 4) is 0 Å². The van der Waals surface area contributed by atoms with E-state index in [1.54, 1.807) is 0 Å². The SMILES string of the molecule is CCS(=O)CCn1c(=N)sc2cc(C(C)(C)C)ccc21. The van der Waals surface area contributed by atoms with Crippen molar-refractivity contribution in [3.63, 3.8) is 0 Å². The van der Waals surface area contributed by atoms with Gasteiger partial charge in [0.25, 0.3) is 0 Å². The van der Waals surface area contributed by atoms with E-state index in [2.05, 4.69) is 39.0 Å². The highest BCUT2D eigenvalue weighted by Gasteiger charge is 2.15. The van der Waals surface area contributed by atoms with Gasteiger partial charge in [-0.1, -0.05) is 45.1 Å². The molecule has 5 heteroatoms. The maximum Gasteiger partial charge on any atom is 0.182 e. The second-order valence-electron chi connectivity index (χ2n) is 5.92. The summed E-state index contributed by atoms with van der Waals surface area (Å²) in [4.78, 5) is 0.541. The van der Waals surface area contributed by atoms with Crippen molar-refractivity contribution >= 4 is 32.4 Å². The van der Waals surface area contributed by atoms with Gasteiger partial charge < -0.3 is 4.57 Å². The normalized spacial score (nSPS) is 13.8. The third kappa shape index (κ3) is 3.20. The number of fused-ring (bicyclic) bond motifs is 1. The zero-order valence-corrected chi connectivity index (χ0v) is 14.2. The molecule has 3 nitrogen and oxygen atoms in total. The lowest BCUT2D eigenvalue weighted by molar-refractivity contribution is 0.591. The molecular formula is C15H22N2OS2. The molecule has 0 bridgehead atoms. The Morgan fingerprint density at radius 2 is 2.05 bits per heavy atom. The van der Waals surface area contributed by atoms with Crippen LogP contribution in [0.4, 0.5) is 0 Å². The van der Waals surface area contributed by atoms with Gasteiger partial charge in [-0.25, -0.2) is 0 Å². The lowest BCUT2D eigenvalue weighted by atomic mass is 9.87. The summed E-state index contributed by atoms with van der Waals surface area (Å²) in [5, 5.41) is 8.11. The molecule has 0 aliphatic carbocycles. The molecule has 0 spiro atoms. The summed E-state index contributed by atoms with van der Waals surface area (Å²) in [5.74, 6) is 1.31. The number of benzene rings is 1. The molecule has 0 amide bonds. The molecule has 0 saturated carbocycles. The van der Waals surface area contributed by atoms with E-state index in [0.717, 1.165) is 10.2 Å². The van der Waals surface area contributed by atoms with Gasteiger partial charge >= 0.3 is 0 Å². The van der Waals surface area contributed by atoms with E-state index in [-0.39, 0.29) is 5.41 Å². The Morgan fingerprint density at radius 1 is 1.35 bits per heavy atom. The molecule has 1 aromatic carbocycles. The van der Waals surface area contributed by atoms with E-state index < -0.39 is 10.8 Å². The summed E-state index contributed by atoms with van der Waals surface area (Å²) in [6.07, 6.45) is 0. The van der Waals surface area contributed by atoms with Gasteiger partial charge in [-0.15, -0.1) is 0 Å². The summed E-state index contributed by atoms with van der Waals surface area (Å²) < 4.78 is 14.7. The van der Waals surface area contributed by atoms with Gasteiger partial charge in [-0.3, -0.25) is 9.62 Å². The summed E-state index contributed by atoms with van der Waals surface area (Å²) in [5.41, 5.74) is 2.49. The van der Waals surface area contributed by atoms with Crippen LogP contribution in [-0.4, -0.2) is 20.3 Å². The van der Waals surface area contributed by atoms with Crippen molar-refractivity contribution in [1.29, 1.82) is 5.41 Å². The van der Waals surface area contributed by atoms with E-state index in [1.807, 2.05) is 11.5 Å². The zero-order chi connectivity index (χ0) is 14.9. The summed E-state index contributed by atoms with van der Waals surface area (Å²) in [7, 11) is -0.781. The third-order valence-corrected chi connectivity index (χ3v) is 5.68. The Kier molecular flexibility index (Phi) is 4.49. The predicted octanol–water partition coefficient (Wildman–Crippen LogP) is 3.25. The van der Waals surface area contributed by atoms with Crippen molar-refractivity contribution in [2.24, 2.45) is 0 Å². The van der Waals surface area contributed by atoms with Crippen LogP contribution in [0.25, 0.3) is 10.2 Å². The van der Waals surface area contributed by atoms with Crippen LogP contribution in [0.5, 0.6) is 0 Å². The van der Waals surface area contributed by atoms with Crippen molar-refractivity contribution in [1.82, 2.24) is 4.57 Å². The maximum atomic E-state index is 11.6. The van der Waals surface area contributed by atoms with E-state index in [1.165, 1.54) is 16.9 Å². The molecule has 110 valence electrons. The summed E-state index contributed by atoms with van der Waals surface area (Å²) >= 11 is 1.50. The second kappa shape index (κ2) is 5.82. The highest BCUT2D eigenvalue weighted by Crippen LogP contribution is 2.27. The lowest BCUT2D eigenvalue weighted by Crippen LogP contribution is -2.18. The van der Waals surface area contributed by atoms with E-state index >= 15 is 0 Å². The van der Waals surface area contributed by atoms with Gasteiger partial charge in [-0.05, 0) is 23.1 Å². The molecule has 1 unspecified atom stereocenters. The molecule has 0 aliphatic heterocycles. The zero-order valence-electron chi connectivity index (χ0n) is 12.5. The Labute approximate surface area is 126 Å². The highest BCUT2D eigenvalue weighted by atomic mass is 32.2. The van der Waals surface area contributed by atoms with Crippen LogP contribution in [-0.2, 0) is 22.8 Å². The minimum atomic E-state index is -0.781. The molecule has 0 saturated heterocycles. The molecule has 2 aromatic rings. The van der Waals surface area contributed by atoms with Gasteiger partial charge in [0.05, 0.1) is 10.2 Å². The monoisotopic (exact) mass is 310 g/mol. The van der Waals surface area contributed by atoms with Gasteiger partial charge in [0.2, 0.25) is 0 Å².